The number of aromatic nitrogens is 2. The summed E-state index contributed by atoms with van der Waals surface area (Å²) < 4.78 is 1.86. The molecule has 0 spiro atoms. The zero-order valence-electron chi connectivity index (χ0n) is 16.1. The van der Waals surface area contributed by atoms with Gasteiger partial charge in [-0.2, -0.15) is 5.10 Å². The van der Waals surface area contributed by atoms with E-state index in [1.165, 1.54) is 0 Å². The maximum atomic E-state index is 6.26. The van der Waals surface area contributed by atoms with E-state index in [9.17, 15) is 0 Å². The summed E-state index contributed by atoms with van der Waals surface area (Å²) in [6.07, 6.45) is 1.04. The first-order valence-corrected chi connectivity index (χ1v) is 10.4. The number of anilines is 1. The third-order valence-corrected chi connectivity index (χ3v) is 5.38. The molecule has 0 fully saturated rings. The van der Waals surface area contributed by atoms with Crippen LogP contribution in [0.3, 0.4) is 0 Å². The summed E-state index contributed by atoms with van der Waals surface area (Å²) in [6, 6.07) is 7.45. The third kappa shape index (κ3) is 6.64. The Hall–Kier alpha value is -1.34. The number of hydrogen-bond donors (Lipinski definition) is 2. The van der Waals surface area contributed by atoms with Crippen molar-refractivity contribution >= 4 is 46.4 Å². The monoisotopic (exact) mass is 427 g/mol. The van der Waals surface area contributed by atoms with Gasteiger partial charge in [-0.15, -0.1) is 0 Å². The molecule has 148 valence electrons. The molecule has 0 aliphatic rings. The van der Waals surface area contributed by atoms with E-state index >= 15 is 0 Å². The smallest absolute Gasteiger partial charge is 0.171 e. The number of hydrogen-bond acceptors (Lipinski definition) is 3. The lowest BCUT2D eigenvalue weighted by Gasteiger charge is -2.18. The van der Waals surface area contributed by atoms with Gasteiger partial charge in [-0.3, -0.25) is 4.68 Å². The predicted molar refractivity (Wildman–Crippen MR) is 119 cm³/mol. The van der Waals surface area contributed by atoms with Crippen LogP contribution in [-0.2, 0) is 6.54 Å². The molecule has 1 aromatic heterocycles. The Morgan fingerprint density at radius 2 is 1.89 bits per heavy atom. The van der Waals surface area contributed by atoms with E-state index in [1.807, 2.05) is 35.9 Å². The van der Waals surface area contributed by atoms with E-state index in [4.69, 9.17) is 35.4 Å². The molecule has 0 aliphatic heterocycles. The second-order valence-corrected chi connectivity index (χ2v) is 7.51. The van der Waals surface area contributed by atoms with Gasteiger partial charge in [-0.05, 0) is 57.3 Å². The third-order valence-electron chi connectivity index (χ3n) is 4.42. The molecular weight excluding hydrogens is 401 g/mol. The molecule has 0 saturated carbocycles. The molecule has 0 bridgehead atoms. The standard InChI is InChI=1S/C19H27Cl2N5S/c1-4-25(5-2)11-7-10-22-19(27)23-18-12-14(3)26(24-18)13-15-16(20)8-6-9-17(15)21/h6,8-9,12H,4-5,7,10-11,13H2,1-3H3,(H2,22,23,24,27). The summed E-state index contributed by atoms with van der Waals surface area (Å²) in [5.41, 5.74) is 1.86. The number of benzene rings is 1. The van der Waals surface area contributed by atoms with Crippen LogP contribution < -0.4 is 10.6 Å². The van der Waals surface area contributed by atoms with E-state index in [0.717, 1.165) is 43.9 Å². The number of nitrogens with zero attached hydrogens (tertiary/aromatic N) is 3. The second-order valence-electron chi connectivity index (χ2n) is 6.29. The number of halogens is 2. The van der Waals surface area contributed by atoms with Crippen molar-refractivity contribution < 1.29 is 0 Å². The Morgan fingerprint density at radius 3 is 2.52 bits per heavy atom. The summed E-state index contributed by atoms with van der Waals surface area (Å²) >= 11 is 17.9. The lowest BCUT2D eigenvalue weighted by atomic mass is 10.2. The van der Waals surface area contributed by atoms with Crippen molar-refractivity contribution in [3.05, 3.63) is 45.6 Å². The van der Waals surface area contributed by atoms with Gasteiger partial charge in [0.15, 0.2) is 10.9 Å². The average molecular weight is 428 g/mol. The van der Waals surface area contributed by atoms with Gasteiger partial charge < -0.3 is 15.5 Å². The summed E-state index contributed by atoms with van der Waals surface area (Å²) in [5, 5.41) is 12.8. The quantitative estimate of drug-likeness (QED) is 0.453. The van der Waals surface area contributed by atoms with Gasteiger partial charge in [0.2, 0.25) is 0 Å². The molecule has 2 aromatic rings. The minimum Gasteiger partial charge on any atom is -0.362 e. The number of rotatable bonds is 9. The molecule has 0 radical (unpaired) electrons. The van der Waals surface area contributed by atoms with Crippen molar-refractivity contribution in [1.82, 2.24) is 20.0 Å². The maximum Gasteiger partial charge on any atom is 0.171 e. The molecule has 1 aromatic carbocycles. The van der Waals surface area contributed by atoms with Crippen LogP contribution >= 0.6 is 35.4 Å². The summed E-state index contributed by atoms with van der Waals surface area (Å²) in [5.74, 6) is 0.705. The Morgan fingerprint density at radius 1 is 1.22 bits per heavy atom. The molecule has 2 rings (SSSR count). The van der Waals surface area contributed by atoms with Gasteiger partial charge in [0, 0.05) is 33.9 Å². The topological polar surface area (TPSA) is 45.1 Å². The van der Waals surface area contributed by atoms with Crippen LogP contribution in [0, 0.1) is 6.92 Å². The Balaban J connectivity index is 1.88. The molecule has 0 amide bonds. The largest absolute Gasteiger partial charge is 0.362 e. The first kappa shape index (κ1) is 22.0. The molecule has 0 aliphatic carbocycles. The van der Waals surface area contributed by atoms with Gasteiger partial charge in [0.25, 0.3) is 0 Å². The van der Waals surface area contributed by atoms with Crippen molar-refractivity contribution in [3.8, 4) is 0 Å². The highest BCUT2D eigenvalue weighted by molar-refractivity contribution is 7.80. The van der Waals surface area contributed by atoms with Crippen LogP contribution in [0.15, 0.2) is 24.3 Å². The highest BCUT2D eigenvalue weighted by atomic mass is 35.5. The van der Waals surface area contributed by atoms with Crippen LogP contribution in [0.1, 0.15) is 31.5 Å². The number of aryl methyl sites for hydroxylation is 1. The first-order chi connectivity index (χ1) is 12.9. The zero-order valence-corrected chi connectivity index (χ0v) is 18.4. The van der Waals surface area contributed by atoms with E-state index in [0.29, 0.717) is 27.5 Å². The van der Waals surface area contributed by atoms with Gasteiger partial charge in [-0.1, -0.05) is 43.1 Å². The highest BCUT2D eigenvalue weighted by Gasteiger charge is 2.11. The fourth-order valence-electron chi connectivity index (χ4n) is 2.77. The van der Waals surface area contributed by atoms with Crippen LogP contribution in [0.5, 0.6) is 0 Å². The Kier molecular flexibility index (Phi) is 8.83. The minimum absolute atomic E-state index is 0.510. The van der Waals surface area contributed by atoms with Crippen molar-refractivity contribution in [2.75, 3.05) is 31.5 Å². The van der Waals surface area contributed by atoms with Gasteiger partial charge in [-0.25, -0.2) is 0 Å². The fourth-order valence-corrected chi connectivity index (χ4v) is 3.49. The minimum atomic E-state index is 0.510. The van der Waals surface area contributed by atoms with Crippen molar-refractivity contribution in [1.29, 1.82) is 0 Å². The summed E-state index contributed by atoms with van der Waals surface area (Å²) in [4.78, 5) is 2.39. The normalized spacial score (nSPS) is 11.0. The van der Waals surface area contributed by atoms with Crippen LogP contribution in [-0.4, -0.2) is 46.0 Å². The molecule has 1 heterocycles. The van der Waals surface area contributed by atoms with Crippen LogP contribution in [0.4, 0.5) is 5.82 Å². The van der Waals surface area contributed by atoms with Crippen LogP contribution in [0.2, 0.25) is 10.0 Å². The van der Waals surface area contributed by atoms with Crippen molar-refractivity contribution in [2.45, 2.75) is 33.7 Å². The second kappa shape index (κ2) is 10.9. The lowest BCUT2D eigenvalue weighted by Crippen LogP contribution is -2.32. The number of thiocarbonyl (C=S) groups is 1. The van der Waals surface area contributed by atoms with E-state index in [-0.39, 0.29) is 0 Å². The average Bonchev–Trinajstić information content (AvgIpc) is 2.97. The van der Waals surface area contributed by atoms with Gasteiger partial charge in [0.1, 0.15) is 0 Å². The van der Waals surface area contributed by atoms with Crippen LogP contribution in [0.25, 0.3) is 0 Å². The molecule has 2 N–H and O–H groups in total. The molecule has 5 nitrogen and oxygen atoms in total. The zero-order chi connectivity index (χ0) is 19.8. The Labute approximate surface area is 177 Å². The van der Waals surface area contributed by atoms with E-state index in [1.54, 1.807) is 0 Å². The summed E-state index contributed by atoms with van der Waals surface area (Å²) in [6.45, 7) is 10.9. The van der Waals surface area contributed by atoms with Crippen molar-refractivity contribution in [3.63, 3.8) is 0 Å². The first-order valence-electron chi connectivity index (χ1n) is 9.19. The SMILES string of the molecule is CCN(CC)CCCNC(=S)Nc1cc(C)n(Cc2c(Cl)cccc2Cl)n1. The molecule has 0 unspecified atom stereocenters. The molecule has 0 saturated heterocycles. The highest BCUT2D eigenvalue weighted by Crippen LogP contribution is 2.25. The van der Waals surface area contributed by atoms with Gasteiger partial charge >= 0.3 is 0 Å². The fraction of sp³-hybridized carbons (Fsp3) is 0.474. The van der Waals surface area contributed by atoms with E-state index in [2.05, 4.69) is 34.5 Å². The molecular formula is C19H27Cl2N5S. The van der Waals surface area contributed by atoms with E-state index < -0.39 is 0 Å². The molecule has 0 atom stereocenters. The molecule has 8 heteroatoms. The summed E-state index contributed by atoms with van der Waals surface area (Å²) in [7, 11) is 0. The predicted octanol–water partition coefficient (Wildman–Crippen LogP) is 4.56. The number of nitrogens with one attached hydrogen (secondary N) is 2. The van der Waals surface area contributed by atoms with Crippen molar-refractivity contribution in [2.24, 2.45) is 0 Å². The molecule has 27 heavy (non-hydrogen) atoms. The van der Waals surface area contributed by atoms with Gasteiger partial charge in [0.05, 0.1) is 6.54 Å². The lowest BCUT2D eigenvalue weighted by molar-refractivity contribution is 0.300. The Bertz CT molecular complexity index is 738. The maximum absolute atomic E-state index is 6.26.